The molecule has 1 aliphatic heterocycles. The van der Waals surface area contributed by atoms with Gasteiger partial charge in [0, 0.05) is 18.2 Å². The quantitative estimate of drug-likeness (QED) is 0.918. The molecule has 136 valence electrons. The van der Waals surface area contributed by atoms with Crippen molar-refractivity contribution in [3.05, 3.63) is 54.0 Å². The summed E-state index contributed by atoms with van der Waals surface area (Å²) in [4.78, 5) is 27.9. The highest BCUT2D eigenvalue weighted by atomic mass is 16.3. The number of fused-ring (bicyclic) bond motifs is 1. The average molecular weight is 352 g/mol. The van der Waals surface area contributed by atoms with Crippen LogP contribution in [0.25, 0.3) is 0 Å². The van der Waals surface area contributed by atoms with E-state index in [2.05, 4.69) is 11.4 Å². The third-order valence-corrected chi connectivity index (χ3v) is 5.59. The van der Waals surface area contributed by atoms with Crippen molar-refractivity contribution in [1.29, 1.82) is 0 Å². The SMILES string of the molecule is O=C(NCc1ccco1)C1CCCCC1C(=O)N1CCc2ccccc21. The van der Waals surface area contributed by atoms with Crippen LogP contribution in [-0.4, -0.2) is 18.4 Å². The topological polar surface area (TPSA) is 62.6 Å². The molecule has 1 N–H and O–H groups in total. The molecule has 5 heteroatoms. The number of para-hydroxylation sites is 1. The number of carbonyl (C=O) groups excluding carboxylic acids is 2. The molecule has 0 radical (unpaired) electrons. The molecule has 2 atom stereocenters. The van der Waals surface area contributed by atoms with Crippen LogP contribution < -0.4 is 10.2 Å². The Bertz CT molecular complexity index is 784. The number of hydrogen-bond donors (Lipinski definition) is 1. The highest BCUT2D eigenvalue weighted by Crippen LogP contribution is 2.35. The molecule has 1 fully saturated rings. The molecule has 0 saturated heterocycles. The van der Waals surface area contributed by atoms with Crippen LogP contribution in [0.1, 0.15) is 37.0 Å². The monoisotopic (exact) mass is 352 g/mol. The normalized spacial score (nSPS) is 22.1. The third-order valence-electron chi connectivity index (χ3n) is 5.59. The van der Waals surface area contributed by atoms with E-state index in [1.165, 1.54) is 5.56 Å². The Morgan fingerprint density at radius 2 is 1.88 bits per heavy atom. The zero-order valence-electron chi connectivity index (χ0n) is 14.8. The van der Waals surface area contributed by atoms with Gasteiger partial charge >= 0.3 is 0 Å². The van der Waals surface area contributed by atoms with Crippen molar-refractivity contribution in [2.24, 2.45) is 11.8 Å². The van der Waals surface area contributed by atoms with E-state index in [9.17, 15) is 9.59 Å². The first kappa shape index (κ1) is 16.9. The summed E-state index contributed by atoms with van der Waals surface area (Å²) < 4.78 is 5.28. The summed E-state index contributed by atoms with van der Waals surface area (Å²) in [5.41, 5.74) is 2.23. The van der Waals surface area contributed by atoms with E-state index in [-0.39, 0.29) is 23.7 Å². The van der Waals surface area contributed by atoms with Gasteiger partial charge in [-0.25, -0.2) is 0 Å². The molecule has 1 aromatic heterocycles. The molecule has 2 unspecified atom stereocenters. The standard InChI is InChI=1S/C21H24N2O3/c24-20(22-14-16-7-5-13-26-16)17-8-2-3-9-18(17)21(25)23-12-11-15-6-1-4-10-19(15)23/h1,4-7,10,13,17-18H,2-3,8-9,11-12,14H2,(H,22,24). The van der Waals surface area contributed by atoms with E-state index >= 15 is 0 Å². The van der Waals surface area contributed by atoms with Crippen molar-refractivity contribution in [3.63, 3.8) is 0 Å². The fourth-order valence-corrected chi connectivity index (χ4v) is 4.23. The van der Waals surface area contributed by atoms with Crippen LogP contribution in [0.15, 0.2) is 47.1 Å². The van der Waals surface area contributed by atoms with Gasteiger partial charge in [-0.3, -0.25) is 9.59 Å². The van der Waals surface area contributed by atoms with E-state index in [0.29, 0.717) is 6.54 Å². The van der Waals surface area contributed by atoms with Gasteiger partial charge in [0.15, 0.2) is 0 Å². The molecule has 5 nitrogen and oxygen atoms in total. The summed E-state index contributed by atoms with van der Waals surface area (Å²) in [6.45, 7) is 1.09. The van der Waals surface area contributed by atoms with Crippen molar-refractivity contribution in [2.45, 2.75) is 38.6 Å². The molecule has 4 rings (SSSR count). The summed E-state index contributed by atoms with van der Waals surface area (Å²) in [6, 6.07) is 11.7. The second-order valence-electron chi connectivity index (χ2n) is 7.16. The number of furan rings is 1. The van der Waals surface area contributed by atoms with Gasteiger partial charge in [-0.15, -0.1) is 0 Å². The number of anilines is 1. The lowest BCUT2D eigenvalue weighted by molar-refractivity contribution is -0.135. The lowest BCUT2D eigenvalue weighted by atomic mass is 9.77. The first-order valence-corrected chi connectivity index (χ1v) is 9.43. The van der Waals surface area contributed by atoms with Crippen molar-refractivity contribution in [1.82, 2.24) is 5.32 Å². The Morgan fingerprint density at radius 1 is 1.08 bits per heavy atom. The van der Waals surface area contributed by atoms with Gasteiger partial charge in [0.1, 0.15) is 5.76 Å². The van der Waals surface area contributed by atoms with Crippen LogP contribution in [0.3, 0.4) is 0 Å². The van der Waals surface area contributed by atoms with Gasteiger partial charge in [-0.2, -0.15) is 0 Å². The molecule has 2 heterocycles. The molecule has 2 amide bonds. The van der Waals surface area contributed by atoms with Crippen molar-refractivity contribution >= 4 is 17.5 Å². The first-order valence-electron chi connectivity index (χ1n) is 9.43. The van der Waals surface area contributed by atoms with E-state index in [4.69, 9.17) is 4.42 Å². The Balaban J connectivity index is 1.47. The molecular formula is C21H24N2O3. The number of carbonyl (C=O) groups is 2. The summed E-state index contributed by atoms with van der Waals surface area (Å²) >= 11 is 0. The zero-order valence-corrected chi connectivity index (χ0v) is 14.8. The van der Waals surface area contributed by atoms with Gasteiger partial charge in [0.05, 0.1) is 18.7 Å². The Morgan fingerprint density at radius 3 is 2.69 bits per heavy atom. The van der Waals surface area contributed by atoms with Gasteiger partial charge in [-0.1, -0.05) is 31.0 Å². The minimum absolute atomic E-state index is 0.0352. The van der Waals surface area contributed by atoms with Crippen molar-refractivity contribution in [3.8, 4) is 0 Å². The number of rotatable bonds is 4. The molecule has 1 aliphatic carbocycles. The zero-order chi connectivity index (χ0) is 17.9. The molecule has 26 heavy (non-hydrogen) atoms. The molecular weight excluding hydrogens is 328 g/mol. The minimum atomic E-state index is -0.251. The number of hydrogen-bond acceptors (Lipinski definition) is 3. The Kier molecular flexibility index (Phi) is 4.78. The highest BCUT2D eigenvalue weighted by Gasteiger charge is 2.39. The largest absolute Gasteiger partial charge is 0.467 e. The maximum absolute atomic E-state index is 13.2. The molecule has 2 aliphatic rings. The van der Waals surface area contributed by atoms with Crippen LogP contribution in [0, 0.1) is 11.8 Å². The van der Waals surface area contributed by atoms with Crippen LogP contribution in [0.2, 0.25) is 0 Å². The molecule has 0 bridgehead atoms. The summed E-state index contributed by atoms with van der Waals surface area (Å²) in [6.07, 6.45) is 6.06. The van der Waals surface area contributed by atoms with E-state index < -0.39 is 0 Å². The van der Waals surface area contributed by atoms with Crippen LogP contribution in [-0.2, 0) is 22.6 Å². The highest BCUT2D eigenvalue weighted by molar-refractivity contribution is 5.99. The van der Waals surface area contributed by atoms with Gasteiger partial charge in [-0.05, 0) is 43.0 Å². The van der Waals surface area contributed by atoms with Gasteiger partial charge < -0.3 is 14.6 Å². The predicted octanol–water partition coefficient (Wildman–Crippen LogP) is 3.29. The molecule has 2 aromatic rings. The Labute approximate surface area is 153 Å². The lowest BCUT2D eigenvalue weighted by Crippen LogP contribution is -2.45. The fourth-order valence-electron chi connectivity index (χ4n) is 4.23. The fraction of sp³-hybridized carbons (Fsp3) is 0.429. The third kappa shape index (κ3) is 3.26. The van der Waals surface area contributed by atoms with Gasteiger partial charge in [0.2, 0.25) is 11.8 Å². The summed E-state index contributed by atoms with van der Waals surface area (Å²) in [7, 11) is 0. The van der Waals surface area contributed by atoms with Crippen LogP contribution >= 0.6 is 0 Å². The summed E-state index contributed by atoms with van der Waals surface area (Å²) in [5.74, 6) is 0.315. The number of amides is 2. The second kappa shape index (κ2) is 7.36. The maximum Gasteiger partial charge on any atom is 0.230 e. The number of nitrogens with one attached hydrogen (secondary N) is 1. The van der Waals surface area contributed by atoms with Gasteiger partial charge in [0.25, 0.3) is 0 Å². The minimum Gasteiger partial charge on any atom is -0.467 e. The number of nitrogens with zero attached hydrogens (tertiary/aromatic N) is 1. The first-order chi connectivity index (χ1) is 12.7. The van der Waals surface area contributed by atoms with E-state index in [0.717, 1.165) is 50.1 Å². The van der Waals surface area contributed by atoms with E-state index in [1.54, 1.807) is 12.3 Å². The van der Waals surface area contributed by atoms with E-state index in [1.807, 2.05) is 29.2 Å². The van der Waals surface area contributed by atoms with Crippen molar-refractivity contribution < 1.29 is 14.0 Å². The summed E-state index contributed by atoms with van der Waals surface area (Å²) in [5, 5.41) is 2.95. The smallest absolute Gasteiger partial charge is 0.230 e. The molecule has 1 aromatic carbocycles. The predicted molar refractivity (Wildman–Crippen MR) is 98.5 cm³/mol. The van der Waals surface area contributed by atoms with Crippen LogP contribution in [0.5, 0.6) is 0 Å². The van der Waals surface area contributed by atoms with Crippen LogP contribution in [0.4, 0.5) is 5.69 Å². The number of benzene rings is 1. The molecule has 0 spiro atoms. The molecule has 1 saturated carbocycles. The lowest BCUT2D eigenvalue weighted by Gasteiger charge is -2.32. The Hall–Kier alpha value is -2.56. The second-order valence-corrected chi connectivity index (χ2v) is 7.16. The van der Waals surface area contributed by atoms with Crippen molar-refractivity contribution in [2.75, 3.05) is 11.4 Å². The maximum atomic E-state index is 13.2. The average Bonchev–Trinajstić information content (AvgIpc) is 3.35.